The molecule has 31 heavy (non-hydrogen) atoms. The van der Waals surface area contributed by atoms with E-state index in [1.165, 1.54) is 0 Å². The van der Waals surface area contributed by atoms with Gasteiger partial charge in [-0.15, -0.1) is 0 Å². The third-order valence-electron chi connectivity index (χ3n) is 4.78. The molecule has 1 atom stereocenters. The van der Waals surface area contributed by atoms with Crippen molar-refractivity contribution in [3.05, 3.63) is 65.0 Å². The van der Waals surface area contributed by atoms with E-state index in [0.29, 0.717) is 17.8 Å². The number of hydrogen-bond acceptors (Lipinski definition) is 3. The molecule has 3 rings (SSSR count). The number of carbonyl (C=O) groups is 2. The van der Waals surface area contributed by atoms with E-state index >= 15 is 0 Å². The van der Waals surface area contributed by atoms with Gasteiger partial charge >= 0.3 is 12.4 Å². The fourth-order valence-corrected chi connectivity index (χ4v) is 3.26. The highest BCUT2D eigenvalue weighted by Gasteiger charge is 2.38. The number of halogens is 6. The van der Waals surface area contributed by atoms with Crippen molar-refractivity contribution in [3.63, 3.8) is 0 Å². The van der Waals surface area contributed by atoms with Gasteiger partial charge in [0.25, 0.3) is 0 Å². The molecule has 1 saturated heterocycles. The standard InChI is InChI=1S/C20H17F6N3O2/c21-19(22,23)14-5-12(6-15(8-14)20(24,25)26)10-29-11-13(7-17(29)30)18(31)28-9-16-3-1-2-4-27-16/h1-6,8,13H,7,9-11H2,(H,28,31). The molecular weight excluding hydrogens is 428 g/mol. The molecule has 166 valence electrons. The number of aromatic nitrogens is 1. The van der Waals surface area contributed by atoms with Crippen molar-refractivity contribution in [3.8, 4) is 0 Å². The van der Waals surface area contributed by atoms with Crippen LogP contribution in [-0.2, 0) is 35.0 Å². The summed E-state index contributed by atoms with van der Waals surface area (Å²) in [7, 11) is 0. The van der Waals surface area contributed by atoms with E-state index in [4.69, 9.17) is 0 Å². The minimum atomic E-state index is -4.97. The van der Waals surface area contributed by atoms with Crippen molar-refractivity contribution in [1.82, 2.24) is 15.2 Å². The van der Waals surface area contributed by atoms with E-state index in [0.717, 1.165) is 4.90 Å². The molecule has 11 heteroatoms. The summed E-state index contributed by atoms with van der Waals surface area (Å²) in [6.07, 6.45) is -8.58. The van der Waals surface area contributed by atoms with Crippen LogP contribution >= 0.6 is 0 Å². The van der Waals surface area contributed by atoms with Gasteiger partial charge in [-0.25, -0.2) is 0 Å². The Labute approximate surface area is 173 Å². The van der Waals surface area contributed by atoms with Crippen LogP contribution in [0.1, 0.15) is 28.8 Å². The maximum atomic E-state index is 13.0. The molecule has 0 aliphatic carbocycles. The summed E-state index contributed by atoms with van der Waals surface area (Å²) in [6.45, 7) is -0.437. The normalized spacial score (nSPS) is 17.2. The molecule has 2 heterocycles. The van der Waals surface area contributed by atoms with Crippen LogP contribution in [0.15, 0.2) is 42.6 Å². The van der Waals surface area contributed by atoms with Crippen LogP contribution < -0.4 is 5.32 Å². The molecule has 2 amide bonds. The summed E-state index contributed by atoms with van der Waals surface area (Å²) < 4.78 is 78.1. The Bertz CT molecular complexity index is 927. The molecule has 0 spiro atoms. The Balaban J connectivity index is 1.70. The van der Waals surface area contributed by atoms with E-state index < -0.39 is 47.8 Å². The summed E-state index contributed by atoms with van der Waals surface area (Å²) in [5, 5.41) is 2.63. The first-order chi connectivity index (χ1) is 14.4. The highest BCUT2D eigenvalue weighted by atomic mass is 19.4. The monoisotopic (exact) mass is 445 g/mol. The maximum absolute atomic E-state index is 13.0. The third-order valence-corrected chi connectivity index (χ3v) is 4.78. The number of hydrogen-bond donors (Lipinski definition) is 1. The molecule has 1 fully saturated rings. The fourth-order valence-electron chi connectivity index (χ4n) is 3.26. The Morgan fingerprint density at radius 2 is 1.71 bits per heavy atom. The number of alkyl halides is 6. The minimum absolute atomic E-state index is 0.0309. The lowest BCUT2D eigenvalue weighted by Crippen LogP contribution is -2.32. The van der Waals surface area contributed by atoms with Crippen LogP contribution in [0.4, 0.5) is 26.3 Å². The predicted octanol–water partition coefficient (Wildman–Crippen LogP) is 3.78. The summed E-state index contributed by atoms with van der Waals surface area (Å²) in [4.78, 5) is 29.7. The third kappa shape index (κ3) is 5.74. The van der Waals surface area contributed by atoms with Crippen LogP contribution in [0, 0.1) is 5.92 Å². The molecule has 1 aliphatic heterocycles. The summed E-state index contributed by atoms with van der Waals surface area (Å²) in [5.41, 5.74) is -2.62. The number of nitrogens with one attached hydrogen (secondary N) is 1. The lowest BCUT2D eigenvalue weighted by atomic mass is 10.0. The van der Waals surface area contributed by atoms with Crippen LogP contribution in [0.3, 0.4) is 0 Å². The number of rotatable bonds is 5. The van der Waals surface area contributed by atoms with Gasteiger partial charge in [0.05, 0.1) is 29.3 Å². The second-order valence-electron chi connectivity index (χ2n) is 7.13. The van der Waals surface area contributed by atoms with Gasteiger partial charge < -0.3 is 10.2 Å². The molecule has 0 bridgehead atoms. The Hall–Kier alpha value is -3.11. The van der Waals surface area contributed by atoms with E-state index in [2.05, 4.69) is 10.3 Å². The topological polar surface area (TPSA) is 62.3 Å². The molecule has 2 aromatic rings. The van der Waals surface area contributed by atoms with Crippen molar-refractivity contribution < 1.29 is 35.9 Å². The Kier molecular flexibility index (Phi) is 6.23. The molecule has 1 aromatic heterocycles. The van der Waals surface area contributed by atoms with Crippen LogP contribution in [-0.4, -0.2) is 28.2 Å². The zero-order chi connectivity index (χ0) is 22.8. The fraction of sp³-hybridized carbons (Fsp3) is 0.350. The summed E-state index contributed by atoms with van der Waals surface area (Å²) >= 11 is 0. The van der Waals surface area contributed by atoms with Gasteiger partial charge in [0, 0.05) is 25.7 Å². The Morgan fingerprint density at radius 3 is 2.26 bits per heavy atom. The average Bonchev–Trinajstić information content (AvgIpc) is 3.06. The van der Waals surface area contributed by atoms with Gasteiger partial charge in [0.15, 0.2) is 0 Å². The summed E-state index contributed by atoms with van der Waals surface area (Å²) in [5.74, 6) is -1.73. The number of nitrogens with zero attached hydrogens (tertiary/aromatic N) is 2. The quantitative estimate of drug-likeness (QED) is 0.713. The molecule has 1 unspecified atom stereocenters. The zero-order valence-electron chi connectivity index (χ0n) is 15.9. The minimum Gasteiger partial charge on any atom is -0.350 e. The molecule has 0 radical (unpaired) electrons. The van der Waals surface area contributed by atoms with Gasteiger partial charge in [0.2, 0.25) is 11.8 Å². The van der Waals surface area contributed by atoms with E-state index in [9.17, 15) is 35.9 Å². The number of carbonyl (C=O) groups excluding carboxylic acids is 2. The number of likely N-dealkylation sites (tertiary alicyclic amines) is 1. The van der Waals surface area contributed by atoms with Crippen molar-refractivity contribution in [2.45, 2.75) is 31.9 Å². The summed E-state index contributed by atoms with van der Waals surface area (Å²) in [6, 6.07) is 6.33. The van der Waals surface area contributed by atoms with Gasteiger partial charge in [-0.2, -0.15) is 26.3 Å². The van der Waals surface area contributed by atoms with Crippen molar-refractivity contribution >= 4 is 11.8 Å². The lowest BCUT2D eigenvalue weighted by molar-refractivity contribution is -0.143. The van der Waals surface area contributed by atoms with Gasteiger partial charge in [0.1, 0.15) is 0 Å². The van der Waals surface area contributed by atoms with Gasteiger partial charge in [-0.1, -0.05) is 6.07 Å². The number of amides is 2. The van der Waals surface area contributed by atoms with E-state index in [-0.39, 0.29) is 31.1 Å². The molecule has 1 aliphatic rings. The maximum Gasteiger partial charge on any atom is 0.416 e. The van der Waals surface area contributed by atoms with Gasteiger partial charge in [-0.05, 0) is 35.9 Å². The molecular formula is C20H17F6N3O2. The zero-order valence-corrected chi connectivity index (χ0v) is 15.9. The smallest absolute Gasteiger partial charge is 0.350 e. The molecule has 1 N–H and O–H groups in total. The van der Waals surface area contributed by atoms with Crippen LogP contribution in [0.5, 0.6) is 0 Å². The van der Waals surface area contributed by atoms with Crippen LogP contribution in [0.2, 0.25) is 0 Å². The first-order valence-corrected chi connectivity index (χ1v) is 9.17. The number of pyridine rings is 1. The number of benzene rings is 1. The predicted molar refractivity (Wildman–Crippen MR) is 96.1 cm³/mol. The SMILES string of the molecule is O=C(NCc1ccccn1)C1CC(=O)N(Cc2cc(C(F)(F)F)cc(C(F)(F)F)c2)C1. The highest BCUT2D eigenvalue weighted by Crippen LogP contribution is 2.36. The van der Waals surface area contributed by atoms with E-state index in [1.807, 2.05) is 0 Å². The van der Waals surface area contributed by atoms with Crippen molar-refractivity contribution in [1.29, 1.82) is 0 Å². The van der Waals surface area contributed by atoms with Crippen molar-refractivity contribution in [2.75, 3.05) is 6.54 Å². The Morgan fingerprint density at radius 1 is 1.06 bits per heavy atom. The largest absolute Gasteiger partial charge is 0.416 e. The molecule has 1 aromatic carbocycles. The average molecular weight is 445 g/mol. The first kappa shape index (κ1) is 22.6. The van der Waals surface area contributed by atoms with E-state index in [1.54, 1.807) is 24.4 Å². The molecule has 0 saturated carbocycles. The molecule has 5 nitrogen and oxygen atoms in total. The second-order valence-corrected chi connectivity index (χ2v) is 7.13. The van der Waals surface area contributed by atoms with Crippen LogP contribution in [0.25, 0.3) is 0 Å². The van der Waals surface area contributed by atoms with Crippen molar-refractivity contribution in [2.24, 2.45) is 5.92 Å². The lowest BCUT2D eigenvalue weighted by Gasteiger charge is -2.19. The first-order valence-electron chi connectivity index (χ1n) is 9.17. The van der Waals surface area contributed by atoms with Gasteiger partial charge in [-0.3, -0.25) is 14.6 Å². The second kappa shape index (κ2) is 8.56. The highest BCUT2D eigenvalue weighted by molar-refractivity contribution is 5.89.